The summed E-state index contributed by atoms with van der Waals surface area (Å²) >= 11 is 0. The molecule has 1 N–H and O–H groups in total. The number of hydrogen-bond acceptors (Lipinski definition) is 5. The van der Waals surface area contributed by atoms with Crippen LogP contribution < -0.4 is 5.32 Å². The summed E-state index contributed by atoms with van der Waals surface area (Å²) in [6, 6.07) is 6.31. The van der Waals surface area contributed by atoms with Crippen molar-refractivity contribution in [1.82, 2.24) is 14.5 Å². The number of benzene rings is 1. The molecule has 1 aromatic rings. The molecule has 2 fully saturated rings. The molecule has 3 rings (SSSR count). The highest BCUT2D eigenvalue weighted by atomic mass is 35.5. The fourth-order valence-corrected chi connectivity index (χ4v) is 5.49. The van der Waals surface area contributed by atoms with Gasteiger partial charge in [-0.2, -0.15) is 4.31 Å². The molecule has 0 saturated carbocycles. The third kappa shape index (κ3) is 5.04. The second-order valence-corrected chi connectivity index (χ2v) is 9.51. The molecular formula is C19H30ClN3O4S. The van der Waals surface area contributed by atoms with E-state index in [-0.39, 0.29) is 35.4 Å². The van der Waals surface area contributed by atoms with Crippen molar-refractivity contribution >= 4 is 28.3 Å². The van der Waals surface area contributed by atoms with Gasteiger partial charge in [0.15, 0.2) is 0 Å². The molecule has 3 unspecified atom stereocenters. The summed E-state index contributed by atoms with van der Waals surface area (Å²) in [5.74, 6) is 0.440. The molecular weight excluding hydrogens is 402 g/mol. The molecule has 3 atom stereocenters. The third-order valence-electron chi connectivity index (χ3n) is 5.19. The van der Waals surface area contributed by atoms with Crippen LogP contribution in [0.15, 0.2) is 29.2 Å². The van der Waals surface area contributed by atoms with Crippen LogP contribution in [0, 0.1) is 5.92 Å². The van der Waals surface area contributed by atoms with Crippen LogP contribution in [-0.2, 0) is 14.8 Å². The zero-order chi connectivity index (χ0) is 19.6. The van der Waals surface area contributed by atoms with Gasteiger partial charge in [-0.3, -0.25) is 4.79 Å². The zero-order valence-electron chi connectivity index (χ0n) is 16.6. The second-order valence-electron chi connectivity index (χ2n) is 7.57. The topological polar surface area (TPSA) is 79.0 Å². The zero-order valence-corrected chi connectivity index (χ0v) is 18.3. The molecule has 1 aromatic carbocycles. The number of carbonyl (C=O) groups excluding carboxylic acids is 1. The maximum atomic E-state index is 12.9. The van der Waals surface area contributed by atoms with Crippen molar-refractivity contribution in [1.29, 1.82) is 0 Å². The van der Waals surface area contributed by atoms with Crippen molar-refractivity contribution in [3.63, 3.8) is 0 Å². The fraction of sp³-hybridized carbons (Fsp3) is 0.632. The number of amides is 1. The smallest absolute Gasteiger partial charge is 0.253 e. The van der Waals surface area contributed by atoms with Gasteiger partial charge in [-0.15, -0.1) is 12.4 Å². The number of hydrogen-bond donors (Lipinski definition) is 1. The van der Waals surface area contributed by atoms with E-state index in [1.54, 1.807) is 12.1 Å². The van der Waals surface area contributed by atoms with E-state index in [0.717, 1.165) is 26.1 Å². The first-order valence-corrected chi connectivity index (χ1v) is 10.9. The number of carbonyl (C=O) groups is 1. The molecule has 0 aliphatic carbocycles. The summed E-state index contributed by atoms with van der Waals surface area (Å²) in [4.78, 5) is 14.7. The van der Waals surface area contributed by atoms with E-state index in [2.05, 4.69) is 5.32 Å². The van der Waals surface area contributed by atoms with Crippen LogP contribution in [0.25, 0.3) is 0 Å². The lowest BCUT2D eigenvalue weighted by molar-refractivity contribution is -0.0440. The number of halogens is 1. The highest BCUT2D eigenvalue weighted by Crippen LogP contribution is 2.23. The molecule has 2 saturated heterocycles. The van der Waals surface area contributed by atoms with Gasteiger partial charge >= 0.3 is 0 Å². The van der Waals surface area contributed by atoms with Crippen LogP contribution in [0.2, 0.25) is 0 Å². The molecule has 2 aliphatic heterocycles. The SMILES string of the molecule is CNCC1CCN(C(=O)c2ccc(S(=O)(=O)N3CC(C)OC(C)C3)cc2)C1.Cl. The van der Waals surface area contributed by atoms with Crippen LogP contribution in [0.5, 0.6) is 0 Å². The quantitative estimate of drug-likeness (QED) is 0.765. The van der Waals surface area contributed by atoms with Gasteiger partial charge in [0.05, 0.1) is 17.1 Å². The number of morpholine rings is 1. The average molecular weight is 432 g/mol. The van der Waals surface area contributed by atoms with E-state index in [4.69, 9.17) is 4.74 Å². The first kappa shape index (κ1) is 23.1. The first-order valence-electron chi connectivity index (χ1n) is 9.50. The maximum absolute atomic E-state index is 12.9. The first-order chi connectivity index (χ1) is 12.8. The summed E-state index contributed by atoms with van der Waals surface area (Å²) in [6.07, 6.45) is 0.724. The average Bonchev–Trinajstić information content (AvgIpc) is 3.09. The predicted molar refractivity (Wildman–Crippen MR) is 110 cm³/mol. The molecule has 9 heteroatoms. The van der Waals surface area contributed by atoms with E-state index in [1.807, 2.05) is 25.8 Å². The Labute approximate surface area is 173 Å². The molecule has 158 valence electrons. The second kappa shape index (κ2) is 9.54. The Bertz CT molecular complexity index is 762. The van der Waals surface area contributed by atoms with Crippen LogP contribution in [-0.4, -0.2) is 75.5 Å². The lowest BCUT2D eigenvalue weighted by Crippen LogP contribution is -2.48. The monoisotopic (exact) mass is 431 g/mol. The molecule has 28 heavy (non-hydrogen) atoms. The standard InChI is InChI=1S/C19H29N3O4S.ClH/c1-14-11-22(12-15(2)26-14)27(24,25)18-6-4-17(5-7-18)19(23)21-9-8-16(13-21)10-20-3;/h4-7,14-16,20H,8-13H2,1-3H3;1H. The Balaban J connectivity index is 0.00000280. The van der Waals surface area contributed by atoms with E-state index >= 15 is 0 Å². The van der Waals surface area contributed by atoms with Crippen molar-refractivity contribution < 1.29 is 17.9 Å². The van der Waals surface area contributed by atoms with Gasteiger partial charge in [0.25, 0.3) is 5.91 Å². The van der Waals surface area contributed by atoms with Crippen molar-refractivity contribution in [2.75, 3.05) is 39.8 Å². The van der Waals surface area contributed by atoms with Crippen molar-refractivity contribution in [3.8, 4) is 0 Å². The van der Waals surface area contributed by atoms with Gasteiger partial charge in [-0.05, 0) is 64.0 Å². The molecule has 0 bridgehead atoms. The number of likely N-dealkylation sites (tertiary alicyclic amines) is 1. The van der Waals surface area contributed by atoms with Gasteiger partial charge in [0.1, 0.15) is 0 Å². The van der Waals surface area contributed by atoms with Crippen molar-refractivity contribution in [2.24, 2.45) is 5.92 Å². The van der Waals surface area contributed by atoms with Crippen LogP contribution in [0.4, 0.5) is 0 Å². The number of nitrogens with zero attached hydrogens (tertiary/aromatic N) is 2. The largest absolute Gasteiger partial charge is 0.373 e. The third-order valence-corrected chi connectivity index (χ3v) is 7.04. The summed E-state index contributed by atoms with van der Waals surface area (Å²) in [5.41, 5.74) is 0.530. The highest BCUT2D eigenvalue weighted by Gasteiger charge is 2.32. The van der Waals surface area contributed by atoms with E-state index in [1.165, 1.54) is 16.4 Å². The number of rotatable bonds is 5. The predicted octanol–water partition coefficient (Wildman–Crippen LogP) is 1.59. The summed E-state index contributed by atoms with van der Waals surface area (Å²) in [5, 5.41) is 3.15. The van der Waals surface area contributed by atoms with Gasteiger partial charge in [0, 0.05) is 31.7 Å². The molecule has 2 heterocycles. The highest BCUT2D eigenvalue weighted by molar-refractivity contribution is 7.89. The van der Waals surface area contributed by atoms with E-state index < -0.39 is 10.0 Å². The van der Waals surface area contributed by atoms with Gasteiger partial charge in [-0.1, -0.05) is 0 Å². The van der Waals surface area contributed by atoms with Crippen molar-refractivity contribution in [3.05, 3.63) is 29.8 Å². The molecule has 7 nitrogen and oxygen atoms in total. The fourth-order valence-electron chi connectivity index (χ4n) is 3.90. The summed E-state index contributed by atoms with van der Waals surface area (Å²) in [7, 11) is -1.67. The lowest BCUT2D eigenvalue weighted by Gasteiger charge is -2.34. The maximum Gasteiger partial charge on any atom is 0.253 e. The van der Waals surface area contributed by atoms with Crippen molar-refractivity contribution in [2.45, 2.75) is 37.4 Å². The Hall–Kier alpha value is -1.19. The minimum absolute atomic E-state index is 0. The molecule has 0 radical (unpaired) electrons. The van der Waals surface area contributed by atoms with Crippen LogP contribution in [0.3, 0.4) is 0 Å². The molecule has 1 amide bonds. The molecule has 2 aliphatic rings. The normalized spacial score (nSPS) is 26.1. The number of nitrogens with one attached hydrogen (secondary N) is 1. The number of ether oxygens (including phenoxy) is 1. The molecule has 0 aromatic heterocycles. The van der Waals surface area contributed by atoms with Crippen LogP contribution >= 0.6 is 12.4 Å². The Morgan fingerprint density at radius 3 is 2.32 bits per heavy atom. The van der Waals surface area contributed by atoms with Gasteiger partial charge in [0.2, 0.25) is 10.0 Å². The molecule has 0 spiro atoms. The number of sulfonamides is 1. The summed E-state index contributed by atoms with van der Waals surface area (Å²) in [6.45, 7) is 6.81. The van der Waals surface area contributed by atoms with E-state index in [0.29, 0.717) is 24.6 Å². The Morgan fingerprint density at radius 1 is 1.14 bits per heavy atom. The minimum atomic E-state index is -3.59. The van der Waals surface area contributed by atoms with Crippen LogP contribution in [0.1, 0.15) is 30.6 Å². The Morgan fingerprint density at radius 2 is 1.75 bits per heavy atom. The van der Waals surface area contributed by atoms with Gasteiger partial charge < -0.3 is 15.0 Å². The summed E-state index contributed by atoms with van der Waals surface area (Å²) < 4.78 is 32.9. The lowest BCUT2D eigenvalue weighted by atomic mass is 10.1. The minimum Gasteiger partial charge on any atom is -0.373 e. The Kier molecular flexibility index (Phi) is 7.87. The van der Waals surface area contributed by atoms with Gasteiger partial charge in [-0.25, -0.2) is 8.42 Å². The van der Waals surface area contributed by atoms with E-state index in [9.17, 15) is 13.2 Å².